The Morgan fingerprint density at radius 3 is 2.62 bits per heavy atom. The topological polar surface area (TPSA) is 29.0 Å². The third-order valence-electron chi connectivity index (χ3n) is 3.94. The van der Waals surface area contributed by atoms with E-state index in [4.69, 9.17) is 4.98 Å². The van der Waals surface area contributed by atoms with Gasteiger partial charge in [0.1, 0.15) is 5.82 Å². The van der Waals surface area contributed by atoms with Gasteiger partial charge in [0.25, 0.3) is 0 Å². The van der Waals surface area contributed by atoms with Crippen LogP contribution < -0.4 is 0 Å². The predicted octanol–water partition coefficient (Wildman–Crippen LogP) is 3.33. The van der Waals surface area contributed by atoms with Crippen molar-refractivity contribution in [1.82, 2.24) is 14.9 Å². The molecule has 110 valence electrons. The molecule has 21 heavy (non-hydrogen) atoms. The molecule has 1 aliphatic heterocycles. The van der Waals surface area contributed by atoms with Crippen molar-refractivity contribution in [2.75, 3.05) is 6.54 Å². The summed E-state index contributed by atoms with van der Waals surface area (Å²) in [7, 11) is 0. The summed E-state index contributed by atoms with van der Waals surface area (Å²) < 4.78 is 0. The van der Waals surface area contributed by atoms with Crippen molar-refractivity contribution in [3.63, 3.8) is 0 Å². The lowest BCUT2D eigenvalue weighted by Crippen LogP contribution is -2.32. The summed E-state index contributed by atoms with van der Waals surface area (Å²) in [5, 5.41) is 0. The minimum Gasteiger partial charge on any atom is -0.293 e. The van der Waals surface area contributed by atoms with Crippen LogP contribution >= 0.6 is 0 Å². The van der Waals surface area contributed by atoms with Crippen LogP contribution in [0.2, 0.25) is 0 Å². The van der Waals surface area contributed by atoms with E-state index in [0.717, 1.165) is 31.9 Å². The second-order valence-electron chi connectivity index (χ2n) is 6.86. The Balaban J connectivity index is 1.78. The largest absolute Gasteiger partial charge is 0.293 e. The van der Waals surface area contributed by atoms with Crippen LogP contribution in [0.15, 0.2) is 36.5 Å². The van der Waals surface area contributed by atoms with E-state index in [1.54, 1.807) is 0 Å². The SMILES string of the molecule is CC(C)(C)c1ncc2c(n1)CN(Cc1ccccc1)CC2. The Hall–Kier alpha value is -1.74. The van der Waals surface area contributed by atoms with Crippen LogP contribution in [0.4, 0.5) is 0 Å². The molecule has 0 aliphatic carbocycles. The number of benzene rings is 1. The lowest BCUT2D eigenvalue weighted by Gasteiger charge is -2.29. The van der Waals surface area contributed by atoms with E-state index in [-0.39, 0.29) is 5.41 Å². The molecule has 1 aliphatic rings. The van der Waals surface area contributed by atoms with E-state index >= 15 is 0 Å². The molecule has 0 bridgehead atoms. The van der Waals surface area contributed by atoms with Crippen LogP contribution in [0.5, 0.6) is 0 Å². The van der Waals surface area contributed by atoms with Crippen LogP contribution in [0, 0.1) is 0 Å². The molecule has 0 N–H and O–H groups in total. The van der Waals surface area contributed by atoms with E-state index in [2.05, 4.69) is 61.0 Å². The van der Waals surface area contributed by atoms with Crippen LogP contribution in [-0.2, 0) is 24.9 Å². The van der Waals surface area contributed by atoms with Gasteiger partial charge in [0.15, 0.2) is 0 Å². The van der Waals surface area contributed by atoms with Gasteiger partial charge in [0, 0.05) is 31.2 Å². The summed E-state index contributed by atoms with van der Waals surface area (Å²) in [6.45, 7) is 9.50. The van der Waals surface area contributed by atoms with E-state index in [1.807, 2.05) is 6.20 Å². The molecule has 3 rings (SSSR count). The summed E-state index contributed by atoms with van der Waals surface area (Å²) in [4.78, 5) is 11.8. The molecule has 0 saturated heterocycles. The minimum atomic E-state index is 0.0107. The summed E-state index contributed by atoms with van der Waals surface area (Å²) in [5.41, 5.74) is 3.90. The molecule has 0 unspecified atom stereocenters. The summed E-state index contributed by atoms with van der Waals surface area (Å²) in [6, 6.07) is 10.7. The van der Waals surface area contributed by atoms with Gasteiger partial charge in [0.2, 0.25) is 0 Å². The molecule has 1 aromatic carbocycles. The van der Waals surface area contributed by atoms with E-state index < -0.39 is 0 Å². The summed E-state index contributed by atoms with van der Waals surface area (Å²) in [5.74, 6) is 0.947. The highest BCUT2D eigenvalue weighted by Crippen LogP contribution is 2.23. The Kier molecular flexibility index (Phi) is 3.77. The molecule has 0 amide bonds. The number of rotatable bonds is 2. The van der Waals surface area contributed by atoms with Crippen molar-refractivity contribution < 1.29 is 0 Å². The Morgan fingerprint density at radius 1 is 1.14 bits per heavy atom. The Labute approximate surface area is 127 Å². The van der Waals surface area contributed by atoms with Crippen molar-refractivity contribution in [2.24, 2.45) is 0 Å². The average molecular weight is 281 g/mol. The van der Waals surface area contributed by atoms with E-state index in [9.17, 15) is 0 Å². The van der Waals surface area contributed by atoms with Crippen molar-refractivity contribution >= 4 is 0 Å². The molecule has 0 radical (unpaired) electrons. The maximum Gasteiger partial charge on any atom is 0.133 e. The quantitative estimate of drug-likeness (QED) is 0.845. The lowest BCUT2D eigenvalue weighted by atomic mass is 9.95. The molecule has 0 saturated carbocycles. The van der Waals surface area contributed by atoms with Gasteiger partial charge in [-0.2, -0.15) is 0 Å². The molecule has 0 spiro atoms. The van der Waals surface area contributed by atoms with Crippen molar-refractivity contribution in [1.29, 1.82) is 0 Å². The molecule has 2 aromatic rings. The van der Waals surface area contributed by atoms with Gasteiger partial charge in [-0.05, 0) is 17.5 Å². The molecular weight excluding hydrogens is 258 g/mol. The maximum atomic E-state index is 4.82. The number of aromatic nitrogens is 2. The van der Waals surface area contributed by atoms with Crippen LogP contribution in [0.25, 0.3) is 0 Å². The zero-order valence-electron chi connectivity index (χ0n) is 13.1. The fraction of sp³-hybridized carbons (Fsp3) is 0.444. The fourth-order valence-corrected chi connectivity index (χ4v) is 2.70. The fourth-order valence-electron chi connectivity index (χ4n) is 2.70. The Morgan fingerprint density at radius 2 is 1.90 bits per heavy atom. The third-order valence-corrected chi connectivity index (χ3v) is 3.94. The van der Waals surface area contributed by atoms with Crippen molar-refractivity contribution in [3.05, 3.63) is 59.2 Å². The maximum absolute atomic E-state index is 4.82. The zero-order chi connectivity index (χ0) is 14.9. The molecule has 0 fully saturated rings. The highest BCUT2D eigenvalue weighted by Gasteiger charge is 2.22. The zero-order valence-corrected chi connectivity index (χ0v) is 13.1. The number of hydrogen-bond donors (Lipinski definition) is 0. The van der Waals surface area contributed by atoms with Gasteiger partial charge >= 0.3 is 0 Å². The first-order valence-electron chi connectivity index (χ1n) is 7.64. The molecular formula is C18H23N3. The van der Waals surface area contributed by atoms with Gasteiger partial charge in [-0.15, -0.1) is 0 Å². The van der Waals surface area contributed by atoms with Crippen LogP contribution in [0.1, 0.15) is 43.4 Å². The summed E-state index contributed by atoms with van der Waals surface area (Å²) in [6.07, 6.45) is 3.08. The van der Waals surface area contributed by atoms with Gasteiger partial charge in [0.05, 0.1) is 5.69 Å². The standard InChI is InChI=1S/C18H23N3/c1-18(2,3)17-19-11-15-9-10-21(13-16(15)20-17)12-14-7-5-4-6-8-14/h4-8,11H,9-10,12-13H2,1-3H3. The minimum absolute atomic E-state index is 0.0107. The third kappa shape index (κ3) is 3.30. The lowest BCUT2D eigenvalue weighted by molar-refractivity contribution is 0.240. The molecule has 1 aromatic heterocycles. The van der Waals surface area contributed by atoms with E-state index in [1.165, 1.54) is 16.8 Å². The molecule has 3 nitrogen and oxygen atoms in total. The molecule has 2 heterocycles. The smallest absolute Gasteiger partial charge is 0.133 e. The highest BCUT2D eigenvalue weighted by atomic mass is 15.1. The van der Waals surface area contributed by atoms with Crippen molar-refractivity contribution in [2.45, 2.75) is 45.7 Å². The summed E-state index contributed by atoms with van der Waals surface area (Å²) >= 11 is 0. The first-order valence-corrected chi connectivity index (χ1v) is 7.64. The predicted molar refractivity (Wildman–Crippen MR) is 85.0 cm³/mol. The number of hydrogen-bond acceptors (Lipinski definition) is 3. The van der Waals surface area contributed by atoms with Crippen LogP contribution in [-0.4, -0.2) is 21.4 Å². The first-order chi connectivity index (χ1) is 10.0. The first kappa shape index (κ1) is 14.2. The Bertz CT molecular complexity index is 614. The number of nitrogens with zero attached hydrogens (tertiary/aromatic N) is 3. The average Bonchev–Trinajstić information content (AvgIpc) is 2.46. The van der Waals surface area contributed by atoms with Gasteiger partial charge < -0.3 is 0 Å². The highest BCUT2D eigenvalue weighted by molar-refractivity contribution is 5.23. The van der Waals surface area contributed by atoms with Crippen molar-refractivity contribution in [3.8, 4) is 0 Å². The molecule has 3 heteroatoms. The monoisotopic (exact) mass is 281 g/mol. The van der Waals surface area contributed by atoms with Gasteiger partial charge in [-0.1, -0.05) is 51.1 Å². The van der Waals surface area contributed by atoms with Crippen LogP contribution in [0.3, 0.4) is 0 Å². The van der Waals surface area contributed by atoms with Gasteiger partial charge in [-0.3, -0.25) is 4.90 Å². The second-order valence-corrected chi connectivity index (χ2v) is 6.86. The van der Waals surface area contributed by atoms with Gasteiger partial charge in [-0.25, -0.2) is 9.97 Å². The number of fused-ring (bicyclic) bond motifs is 1. The molecule has 0 atom stereocenters. The second kappa shape index (κ2) is 5.57. The van der Waals surface area contributed by atoms with E-state index in [0.29, 0.717) is 0 Å². The normalized spacial score (nSPS) is 15.8.